The lowest BCUT2D eigenvalue weighted by atomic mass is 9.97. The lowest BCUT2D eigenvalue weighted by molar-refractivity contribution is -0.122. The lowest BCUT2D eigenvalue weighted by Gasteiger charge is -2.26. The van der Waals surface area contributed by atoms with Crippen molar-refractivity contribution >= 4 is 29.6 Å². The van der Waals surface area contributed by atoms with E-state index in [1.54, 1.807) is 42.5 Å². The zero-order valence-corrected chi connectivity index (χ0v) is 16.8. The monoisotopic (exact) mass is 414 g/mol. The number of urea groups is 1. The Kier molecular flexibility index (Phi) is 5.45. The molecule has 0 aromatic heterocycles. The van der Waals surface area contributed by atoms with Crippen molar-refractivity contribution in [2.75, 3.05) is 4.90 Å². The number of halogens is 1. The van der Waals surface area contributed by atoms with Crippen molar-refractivity contribution in [3.8, 4) is 0 Å². The molecule has 1 aliphatic heterocycles. The Morgan fingerprint density at radius 1 is 0.935 bits per heavy atom. The third-order valence-corrected chi connectivity index (χ3v) is 5.03. The molecule has 0 saturated carbocycles. The molecule has 154 valence electrons. The first-order valence-corrected chi connectivity index (χ1v) is 9.73. The molecular formula is C25H19FN2O3. The molecule has 31 heavy (non-hydrogen) atoms. The summed E-state index contributed by atoms with van der Waals surface area (Å²) in [6, 6.07) is 19.6. The van der Waals surface area contributed by atoms with E-state index in [9.17, 15) is 18.8 Å². The van der Waals surface area contributed by atoms with Gasteiger partial charge in [0.15, 0.2) is 0 Å². The normalized spacial score (nSPS) is 15.4. The minimum Gasteiger partial charge on any atom is -0.273 e. The molecule has 0 unspecified atom stereocenters. The number of benzene rings is 3. The highest BCUT2D eigenvalue weighted by atomic mass is 19.1. The van der Waals surface area contributed by atoms with Crippen LogP contribution in [0.3, 0.4) is 0 Å². The summed E-state index contributed by atoms with van der Waals surface area (Å²) >= 11 is 0. The number of aryl methyl sites for hydroxylation is 1. The van der Waals surface area contributed by atoms with Crippen LogP contribution in [0.15, 0.2) is 78.4 Å². The molecule has 4 amide bonds. The smallest absolute Gasteiger partial charge is 0.273 e. The van der Waals surface area contributed by atoms with E-state index in [-0.39, 0.29) is 11.4 Å². The van der Waals surface area contributed by atoms with Gasteiger partial charge in [-0.2, -0.15) is 0 Å². The first-order chi connectivity index (χ1) is 14.9. The second-order valence-electron chi connectivity index (χ2n) is 7.30. The summed E-state index contributed by atoms with van der Waals surface area (Å²) in [7, 11) is 0. The molecule has 4 rings (SSSR count). The van der Waals surface area contributed by atoms with Gasteiger partial charge in [-0.25, -0.2) is 14.1 Å². The quantitative estimate of drug-likeness (QED) is 0.509. The maximum absolute atomic E-state index is 13.6. The van der Waals surface area contributed by atoms with Crippen molar-refractivity contribution in [2.24, 2.45) is 0 Å². The second-order valence-corrected chi connectivity index (χ2v) is 7.30. The first kappa shape index (κ1) is 20.2. The number of hydrogen-bond donors (Lipinski definition) is 1. The molecule has 1 N–H and O–H groups in total. The van der Waals surface area contributed by atoms with E-state index in [2.05, 4.69) is 5.32 Å². The van der Waals surface area contributed by atoms with Crippen LogP contribution in [0.25, 0.3) is 6.08 Å². The molecule has 0 radical (unpaired) electrons. The molecule has 0 bridgehead atoms. The van der Waals surface area contributed by atoms with Crippen LogP contribution in [0, 0.1) is 12.7 Å². The van der Waals surface area contributed by atoms with E-state index in [1.807, 2.05) is 25.1 Å². The van der Waals surface area contributed by atoms with Crippen molar-refractivity contribution in [3.63, 3.8) is 0 Å². The van der Waals surface area contributed by atoms with Crippen LogP contribution in [0.1, 0.15) is 22.3 Å². The van der Waals surface area contributed by atoms with Crippen molar-refractivity contribution in [1.29, 1.82) is 0 Å². The molecule has 3 aromatic carbocycles. The molecule has 6 heteroatoms. The number of nitrogens with one attached hydrogen (secondary N) is 1. The predicted octanol–water partition coefficient (Wildman–Crippen LogP) is 4.39. The van der Waals surface area contributed by atoms with Gasteiger partial charge in [0.25, 0.3) is 11.8 Å². The summed E-state index contributed by atoms with van der Waals surface area (Å²) in [5.41, 5.74) is 3.43. The Balaban J connectivity index is 1.70. The Morgan fingerprint density at radius 2 is 1.68 bits per heavy atom. The fourth-order valence-corrected chi connectivity index (χ4v) is 3.44. The number of imide groups is 2. The summed E-state index contributed by atoms with van der Waals surface area (Å²) < 4.78 is 13.6. The van der Waals surface area contributed by atoms with E-state index in [1.165, 1.54) is 18.2 Å². The predicted molar refractivity (Wildman–Crippen MR) is 116 cm³/mol. The number of barbiturate groups is 1. The second kappa shape index (κ2) is 8.36. The van der Waals surface area contributed by atoms with Crippen LogP contribution < -0.4 is 10.2 Å². The molecule has 1 heterocycles. The zero-order valence-electron chi connectivity index (χ0n) is 16.8. The van der Waals surface area contributed by atoms with E-state index >= 15 is 0 Å². The summed E-state index contributed by atoms with van der Waals surface area (Å²) in [6.07, 6.45) is 1.90. The number of carbonyl (C=O) groups excluding carboxylic acids is 3. The summed E-state index contributed by atoms with van der Waals surface area (Å²) in [6.45, 7) is 1.90. The van der Waals surface area contributed by atoms with Crippen molar-refractivity contribution in [3.05, 3.63) is 106 Å². The Bertz CT molecular complexity index is 1220. The fourth-order valence-electron chi connectivity index (χ4n) is 3.44. The third-order valence-electron chi connectivity index (χ3n) is 5.03. The largest absolute Gasteiger partial charge is 0.335 e. The average Bonchev–Trinajstić information content (AvgIpc) is 2.73. The molecule has 3 aromatic rings. The number of hydrogen-bond acceptors (Lipinski definition) is 3. The Hall–Kier alpha value is -4.06. The highest BCUT2D eigenvalue weighted by molar-refractivity contribution is 6.39. The van der Waals surface area contributed by atoms with Gasteiger partial charge in [0.1, 0.15) is 11.4 Å². The van der Waals surface area contributed by atoms with Gasteiger partial charge in [0.2, 0.25) is 0 Å². The number of carbonyl (C=O) groups is 3. The fraction of sp³-hybridized carbons (Fsp3) is 0.0800. The van der Waals surface area contributed by atoms with Crippen LogP contribution >= 0.6 is 0 Å². The van der Waals surface area contributed by atoms with Gasteiger partial charge in [-0.1, -0.05) is 54.1 Å². The van der Waals surface area contributed by atoms with Gasteiger partial charge >= 0.3 is 6.03 Å². The van der Waals surface area contributed by atoms with Gasteiger partial charge in [-0.15, -0.1) is 0 Å². The number of nitrogens with zero attached hydrogens (tertiary/aromatic N) is 1. The average molecular weight is 414 g/mol. The van der Waals surface area contributed by atoms with Crippen molar-refractivity contribution in [2.45, 2.75) is 13.3 Å². The lowest BCUT2D eigenvalue weighted by Crippen LogP contribution is -2.54. The van der Waals surface area contributed by atoms with E-state index < -0.39 is 17.8 Å². The minimum absolute atomic E-state index is 0.146. The van der Waals surface area contributed by atoms with Crippen molar-refractivity contribution < 1.29 is 18.8 Å². The van der Waals surface area contributed by atoms with Gasteiger partial charge in [0, 0.05) is 0 Å². The summed E-state index contributed by atoms with van der Waals surface area (Å²) in [5, 5.41) is 2.23. The molecule has 5 nitrogen and oxygen atoms in total. The topological polar surface area (TPSA) is 66.5 Å². The molecule has 1 aliphatic rings. The van der Waals surface area contributed by atoms with E-state index in [0.29, 0.717) is 17.7 Å². The maximum atomic E-state index is 13.6. The minimum atomic E-state index is -0.788. The SMILES string of the molecule is Cc1ccc(N2C(=O)NC(=O)/C(=C\c3ccccc3Cc3cccc(F)c3)C2=O)cc1. The van der Waals surface area contributed by atoms with Crippen LogP contribution in [-0.4, -0.2) is 17.8 Å². The molecule has 1 fully saturated rings. The first-order valence-electron chi connectivity index (χ1n) is 9.73. The molecule has 0 spiro atoms. The summed E-state index contributed by atoms with van der Waals surface area (Å²) in [5.74, 6) is -1.78. The highest BCUT2D eigenvalue weighted by Gasteiger charge is 2.36. The molecule has 1 saturated heterocycles. The maximum Gasteiger partial charge on any atom is 0.335 e. The van der Waals surface area contributed by atoms with Crippen LogP contribution in [0.5, 0.6) is 0 Å². The highest BCUT2D eigenvalue weighted by Crippen LogP contribution is 2.24. The zero-order chi connectivity index (χ0) is 22.0. The molecule has 0 atom stereocenters. The Labute approximate surface area is 178 Å². The third kappa shape index (κ3) is 4.28. The number of anilines is 1. The van der Waals surface area contributed by atoms with E-state index in [4.69, 9.17) is 0 Å². The van der Waals surface area contributed by atoms with Crippen molar-refractivity contribution in [1.82, 2.24) is 5.32 Å². The van der Waals surface area contributed by atoms with Gasteiger partial charge in [-0.3, -0.25) is 14.9 Å². The Morgan fingerprint density at radius 3 is 2.42 bits per heavy atom. The van der Waals surface area contributed by atoms with Crippen LogP contribution in [0.2, 0.25) is 0 Å². The van der Waals surface area contributed by atoms with Crippen LogP contribution in [0.4, 0.5) is 14.9 Å². The van der Waals surface area contributed by atoms with Gasteiger partial charge in [0.05, 0.1) is 5.69 Å². The van der Waals surface area contributed by atoms with Crippen LogP contribution in [-0.2, 0) is 16.0 Å². The number of rotatable bonds is 4. The standard InChI is InChI=1S/C25H19FN2O3/c1-16-9-11-21(12-10-16)28-24(30)22(23(29)27-25(28)31)15-19-7-3-2-6-18(19)13-17-5-4-8-20(26)14-17/h2-12,14-15H,13H2,1H3,(H,27,29,31)/b22-15+. The van der Waals surface area contributed by atoms with Gasteiger partial charge in [-0.05, 0) is 60.4 Å². The number of amides is 4. The van der Waals surface area contributed by atoms with E-state index in [0.717, 1.165) is 21.6 Å². The molecule has 0 aliphatic carbocycles. The summed E-state index contributed by atoms with van der Waals surface area (Å²) in [4.78, 5) is 38.8. The van der Waals surface area contributed by atoms with Gasteiger partial charge < -0.3 is 0 Å². The molecular weight excluding hydrogens is 395 g/mol.